The van der Waals surface area contributed by atoms with Crippen LogP contribution >= 0.6 is 0 Å². The molecular formula is C10H9F2NO. The Labute approximate surface area is 80.4 Å². The van der Waals surface area contributed by atoms with Crippen LogP contribution < -0.4 is 0 Å². The molecule has 1 rings (SSSR count). The lowest BCUT2D eigenvalue weighted by molar-refractivity contribution is 0.118. The van der Waals surface area contributed by atoms with Gasteiger partial charge in [-0.15, -0.1) is 0 Å². The zero-order chi connectivity index (χ0) is 10.9. The summed E-state index contributed by atoms with van der Waals surface area (Å²) in [5.74, 6) is -2.05. The lowest BCUT2D eigenvalue weighted by Gasteiger charge is -2.17. The topological polar surface area (TPSA) is 44.0 Å². The average Bonchev–Trinajstić information content (AvgIpc) is 2.11. The average molecular weight is 197 g/mol. The van der Waals surface area contributed by atoms with Gasteiger partial charge in [0.15, 0.2) is 17.2 Å². The summed E-state index contributed by atoms with van der Waals surface area (Å²) in [6.07, 6.45) is 0. The van der Waals surface area contributed by atoms with Crippen LogP contribution in [0.1, 0.15) is 18.1 Å². The maximum Gasteiger partial charge on any atom is 0.174 e. The van der Waals surface area contributed by atoms with Crippen LogP contribution in [0.3, 0.4) is 0 Å². The Bertz CT molecular complexity index is 407. The number of aryl methyl sites for hydroxylation is 1. The molecule has 1 atom stereocenters. The van der Waals surface area contributed by atoms with Crippen molar-refractivity contribution in [2.45, 2.75) is 19.4 Å². The molecule has 1 N–H and O–H groups in total. The minimum atomic E-state index is -1.79. The summed E-state index contributed by atoms with van der Waals surface area (Å²) in [5.41, 5.74) is -1.37. The Kier molecular flexibility index (Phi) is 2.54. The fraction of sp³-hybridized carbons (Fsp3) is 0.300. The second kappa shape index (κ2) is 3.35. The molecule has 2 nitrogen and oxygen atoms in total. The van der Waals surface area contributed by atoms with E-state index in [9.17, 15) is 13.9 Å². The number of hydrogen-bond acceptors (Lipinski definition) is 2. The quantitative estimate of drug-likeness (QED) is 0.700. The van der Waals surface area contributed by atoms with Crippen molar-refractivity contribution in [2.75, 3.05) is 0 Å². The summed E-state index contributed by atoms with van der Waals surface area (Å²) in [5, 5.41) is 18.2. The summed E-state index contributed by atoms with van der Waals surface area (Å²) < 4.78 is 25.5. The zero-order valence-electron chi connectivity index (χ0n) is 7.81. The molecule has 14 heavy (non-hydrogen) atoms. The molecular weight excluding hydrogens is 188 g/mol. The number of halogens is 2. The van der Waals surface area contributed by atoms with Gasteiger partial charge < -0.3 is 5.11 Å². The van der Waals surface area contributed by atoms with E-state index in [2.05, 4.69) is 0 Å². The van der Waals surface area contributed by atoms with Gasteiger partial charge in [-0.05, 0) is 31.5 Å². The van der Waals surface area contributed by atoms with Gasteiger partial charge in [0.25, 0.3) is 0 Å². The van der Waals surface area contributed by atoms with Crippen molar-refractivity contribution in [3.63, 3.8) is 0 Å². The minimum Gasteiger partial charge on any atom is -0.372 e. The number of nitrogens with zero attached hydrogens (tertiary/aromatic N) is 1. The Hall–Kier alpha value is -1.47. The lowest BCUT2D eigenvalue weighted by Crippen LogP contribution is -2.20. The fourth-order valence-corrected chi connectivity index (χ4v) is 1.23. The monoisotopic (exact) mass is 197 g/mol. The highest BCUT2D eigenvalue weighted by molar-refractivity contribution is 5.35. The van der Waals surface area contributed by atoms with E-state index in [1.54, 1.807) is 6.07 Å². The third-order valence-electron chi connectivity index (χ3n) is 2.01. The summed E-state index contributed by atoms with van der Waals surface area (Å²) in [4.78, 5) is 0. The van der Waals surface area contributed by atoms with Crippen molar-refractivity contribution in [1.82, 2.24) is 0 Å². The van der Waals surface area contributed by atoms with E-state index in [1.807, 2.05) is 0 Å². The van der Waals surface area contributed by atoms with Crippen LogP contribution in [0, 0.1) is 29.9 Å². The van der Waals surface area contributed by atoms with Crippen LogP contribution in [0.4, 0.5) is 8.78 Å². The van der Waals surface area contributed by atoms with Crippen molar-refractivity contribution in [3.8, 4) is 6.07 Å². The molecule has 0 aliphatic rings. The fourth-order valence-electron chi connectivity index (χ4n) is 1.23. The highest BCUT2D eigenvalue weighted by Gasteiger charge is 2.25. The molecule has 0 aliphatic heterocycles. The van der Waals surface area contributed by atoms with E-state index in [4.69, 9.17) is 5.26 Å². The van der Waals surface area contributed by atoms with E-state index in [0.717, 1.165) is 12.1 Å². The normalized spacial score (nSPS) is 14.6. The second-order valence-corrected chi connectivity index (χ2v) is 3.27. The Morgan fingerprint density at radius 3 is 2.36 bits per heavy atom. The largest absolute Gasteiger partial charge is 0.372 e. The maximum absolute atomic E-state index is 12.8. The van der Waals surface area contributed by atoms with Gasteiger partial charge in [0.2, 0.25) is 0 Å². The van der Waals surface area contributed by atoms with Gasteiger partial charge in [0.1, 0.15) is 6.07 Å². The zero-order valence-corrected chi connectivity index (χ0v) is 7.81. The molecule has 0 spiro atoms. The predicted molar refractivity (Wildman–Crippen MR) is 46.3 cm³/mol. The number of hydrogen-bond donors (Lipinski definition) is 1. The first-order chi connectivity index (χ1) is 6.38. The van der Waals surface area contributed by atoms with E-state index in [1.165, 1.54) is 13.8 Å². The molecule has 1 unspecified atom stereocenters. The molecule has 0 amide bonds. The molecule has 0 saturated heterocycles. The van der Waals surface area contributed by atoms with Crippen LogP contribution in [-0.2, 0) is 5.60 Å². The predicted octanol–water partition coefficient (Wildman–Crippen LogP) is 2.00. The van der Waals surface area contributed by atoms with E-state index in [-0.39, 0.29) is 5.56 Å². The molecule has 74 valence electrons. The van der Waals surface area contributed by atoms with Gasteiger partial charge in [0.05, 0.1) is 0 Å². The van der Waals surface area contributed by atoms with E-state index < -0.39 is 17.2 Å². The van der Waals surface area contributed by atoms with Gasteiger partial charge in [-0.3, -0.25) is 0 Å². The lowest BCUT2D eigenvalue weighted by atomic mass is 9.93. The molecule has 4 heteroatoms. The van der Waals surface area contributed by atoms with Crippen LogP contribution in [0.25, 0.3) is 0 Å². The Balaban J connectivity index is 3.38. The highest BCUT2D eigenvalue weighted by Crippen LogP contribution is 2.25. The molecule has 0 heterocycles. The van der Waals surface area contributed by atoms with Crippen molar-refractivity contribution >= 4 is 0 Å². The third-order valence-corrected chi connectivity index (χ3v) is 2.01. The smallest absolute Gasteiger partial charge is 0.174 e. The highest BCUT2D eigenvalue weighted by atomic mass is 19.2. The minimum absolute atomic E-state index is 0.0823. The van der Waals surface area contributed by atoms with Crippen molar-refractivity contribution < 1.29 is 13.9 Å². The maximum atomic E-state index is 12.8. The molecule has 1 aromatic rings. The van der Waals surface area contributed by atoms with Gasteiger partial charge in [-0.2, -0.15) is 5.26 Å². The summed E-state index contributed by atoms with van der Waals surface area (Å²) in [7, 11) is 0. The molecule has 0 fully saturated rings. The SMILES string of the molecule is Cc1cc(F)c(F)cc1C(C)(O)C#N. The molecule has 0 saturated carbocycles. The first-order valence-corrected chi connectivity index (χ1v) is 3.98. The summed E-state index contributed by atoms with van der Waals surface area (Å²) in [6, 6.07) is 3.41. The number of rotatable bonds is 1. The van der Waals surface area contributed by atoms with Gasteiger partial charge >= 0.3 is 0 Å². The van der Waals surface area contributed by atoms with E-state index >= 15 is 0 Å². The molecule has 0 aliphatic carbocycles. The Morgan fingerprint density at radius 1 is 1.36 bits per heavy atom. The van der Waals surface area contributed by atoms with Crippen LogP contribution in [0.5, 0.6) is 0 Å². The Morgan fingerprint density at radius 2 is 1.86 bits per heavy atom. The molecule has 0 bridgehead atoms. The first-order valence-electron chi connectivity index (χ1n) is 3.98. The van der Waals surface area contributed by atoms with Gasteiger partial charge in [0, 0.05) is 5.56 Å². The standard InChI is InChI=1S/C10H9F2NO/c1-6-3-8(11)9(12)4-7(6)10(2,14)5-13/h3-4,14H,1-2H3. The van der Waals surface area contributed by atoms with E-state index in [0.29, 0.717) is 5.56 Å². The second-order valence-electron chi connectivity index (χ2n) is 3.27. The first kappa shape index (κ1) is 10.6. The molecule has 0 aromatic heterocycles. The van der Waals surface area contributed by atoms with Crippen LogP contribution in [0.2, 0.25) is 0 Å². The van der Waals surface area contributed by atoms with Gasteiger partial charge in [-0.25, -0.2) is 8.78 Å². The molecule has 1 aromatic carbocycles. The summed E-state index contributed by atoms with van der Waals surface area (Å²) in [6.45, 7) is 2.73. The number of aliphatic hydroxyl groups is 1. The third kappa shape index (κ3) is 1.73. The van der Waals surface area contributed by atoms with Gasteiger partial charge in [-0.1, -0.05) is 0 Å². The molecule has 0 radical (unpaired) electrons. The van der Waals surface area contributed by atoms with Crippen LogP contribution in [-0.4, -0.2) is 5.11 Å². The van der Waals surface area contributed by atoms with Crippen molar-refractivity contribution in [1.29, 1.82) is 5.26 Å². The van der Waals surface area contributed by atoms with Crippen molar-refractivity contribution in [3.05, 3.63) is 34.9 Å². The number of benzene rings is 1. The number of nitriles is 1. The van der Waals surface area contributed by atoms with Crippen LogP contribution in [0.15, 0.2) is 12.1 Å². The summed E-state index contributed by atoms with van der Waals surface area (Å²) >= 11 is 0. The van der Waals surface area contributed by atoms with Crippen molar-refractivity contribution in [2.24, 2.45) is 0 Å².